The van der Waals surface area contributed by atoms with E-state index in [0.717, 1.165) is 44.5 Å². The first-order chi connectivity index (χ1) is 16.3. The molecule has 2 aromatic rings. The van der Waals surface area contributed by atoms with Crippen molar-refractivity contribution in [3.63, 3.8) is 0 Å². The van der Waals surface area contributed by atoms with Crippen LogP contribution in [0.2, 0.25) is 0 Å². The van der Waals surface area contributed by atoms with E-state index in [1.807, 2.05) is 26.0 Å². The minimum Gasteiger partial charge on any atom is -0.366 e. The predicted molar refractivity (Wildman–Crippen MR) is 141 cm³/mol. The van der Waals surface area contributed by atoms with E-state index in [1.54, 1.807) is 12.1 Å². The molecular formula is C27H39N3O3S. The van der Waals surface area contributed by atoms with Gasteiger partial charge in [-0.3, -0.25) is 9.52 Å². The van der Waals surface area contributed by atoms with Crippen molar-refractivity contribution in [2.45, 2.75) is 78.3 Å². The number of sulfonamides is 1. The predicted octanol–water partition coefficient (Wildman–Crippen LogP) is 5.49. The minimum atomic E-state index is -3.47. The Morgan fingerprint density at radius 2 is 1.71 bits per heavy atom. The molecule has 1 aliphatic heterocycles. The molecule has 186 valence electrons. The van der Waals surface area contributed by atoms with Crippen LogP contribution >= 0.6 is 0 Å². The molecule has 0 spiro atoms. The number of carbonyl (C=O) groups is 1. The number of hydrogen-bond acceptors (Lipinski definition) is 4. The van der Waals surface area contributed by atoms with Crippen molar-refractivity contribution in [2.75, 3.05) is 21.9 Å². The smallest absolute Gasteiger partial charge is 0.253 e. The number of benzene rings is 2. The molecule has 3 rings (SSSR count). The van der Waals surface area contributed by atoms with Crippen LogP contribution in [0, 0.1) is 0 Å². The molecule has 1 heterocycles. The van der Waals surface area contributed by atoms with Crippen molar-refractivity contribution in [1.82, 2.24) is 5.32 Å². The van der Waals surface area contributed by atoms with Gasteiger partial charge in [-0.05, 0) is 56.0 Å². The quantitative estimate of drug-likeness (QED) is 0.390. The first-order valence-corrected chi connectivity index (χ1v) is 14.2. The Balaban J connectivity index is 1.75. The number of carbonyl (C=O) groups excluding carboxylic acids is 1. The molecule has 0 unspecified atom stereocenters. The summed E-state index contributed by atoms with van der Waals surface area (Å²) >= 11 is 0. The third-order valence-corrected chi connectivity index (χ3v) is 7.55. The summed E-state index contributed by atoms with van der Waals surface area (Å²) in [5.74, 6) is -0.0991. The second kappa shape index (κ2) is 12.2. The molecule has 34 heavy (non-hydrogen) atoms. The standard InChI is InChI=1S/C27H39N3O3S/c1-4-5-6-7-8-11-18-34(32,33)29-24-14-15-26(25(19-24)27(31)28-21(2)3)30-17-16-22-12-9-10-13-23(22)20-30/h9-10,12-15,19,21,29H,4-8,11,16-18,20H2,1-3H3,(H,28,31). The van der Waals surface area contributed by atoms with Gasteiger partial charge >= 0.3 is 0 Å². The molecule has 0 bridgehead atoms. The Morgan fingerprint density at radius 1 is 1.00 bits per heavy atom. The lowest BCUT2D eigenvalue weighted by atomic mass is 9.98. The summed E-state index contributed by atoms with van der Waals surface area (Å²) in [6.45, 7) is 7.53. The lowest BCUT2D eigenvalue weighted by molar-refractivity contribution is 0.0943. The molecule has 2 aromatic carbocycles. The van der Waals surface area contributed by atoms with Gasteiger partial charge in [-0.15, -0.1) is 0 Å². The number of fused-ring (bicyclic) bond motifs is 1. The number of nitrogens with one attached hydrogen (secondary N) is 2. The summed E-state index contributed by atoms with van der Waals surface area (Å²) in [6, 6.07) is 13.7. The molecular weight excluding hydrogens is 446 g/mol. The van der Waals surface area contributed by atoms with Gasteiger partial charge in [0, 0.05) is 30.5 Å². The Morgan fingerprint density at radius 3 is 2.44 bits per heavy atom. The van der Waals surface area contributed by atoms with E-state index in [2.05, 4.69) is 40.1 Å². The second-order valence-electron chi connectivity index (χ2n) is 9.49. The van der Waals surface area contributed by atoms with E-state index in [9.17, 15) is 13.2 Å². The molecule has 1 aliphatic rings. The van der Waals surface area contributed by atoms with E-state index < -0.39 is 10.0 Å². The molecule has 2 N–H and O–H groups in total. The topological polar surface area (TPSA) is 78.5 Å². The van der Waals surface area contributed by atoms with Crippen molar-refractivity contribution in [1.29, 1.82) is 0 Å². The second-order valence-corrected chi connectivity index (χ2v) is 11.3. The summed E-state index contributed by atoms with van der Waals surface area (Å²) in [7, 11) is -3.47. The van der Waals surface area contributed by atoms with Gasteiger partial charge in [0.1, 0.15) is 0 Å². The largest absolute Gasteiger partial charge is 0.366 e. The van der Waals surface area contributed by atoms with Gasteiger partial charge in [-0.2, -0.15) is 0 Å². The number of rotatable bonds is 12. The van der Waals surface area contributed by atoms with Crippen molar-refractivity contribution in [3.05, 3.63) is 59.2 Å². The van der Waals surface area contributed by atoms with Crippen molar-refractivity contribution < 1.29 is 13.2 Å². The molecule has 0 fully saturated rings. The fourth-order valence-corrected chi connectivity index (χ4v) is 5.57. The molecule has 0 saturated heterocycles. The zero-order chi connectivity index (χ0) is 24.6. The van der Waals surface area contributed by atoms with Crippen LogP contribution in [0.25, 0.3) is 0 Å². The Kier molecular flexibility index (Phi) is 9.39. The highest BCUT2D eigenvalue weighted by molar-refractivity contribution is 7.92. The molecule has 0 radical (unpaired) electrons. The zero-order valence-electron chi connectivity index (χ0n) is 20.8. The van der Waals surface area contributed by atoms with Gasteiger partial charge < -0.3 is 10.2 Å². The first kappa shape index (κ1) is 26.1. The zero-order valence-corrected chi connectivity index (χ0v) is 21.6. The van der Waals surface area contributed by atoms with E-state index >= 15 is 0 Å². The Hall–Kier alpha value is -2.54. The van der Waals surface area contributed by atoms with Crippen LogP contribution in [0.3, 0.4) is 0 Å². The highest BCUT2D eigenvalue weighted by Crippen LogP contribution is 2.30. The van der Waals surface area contributed by atoms with Gasteiger partial charge in [0.25, 0.3) is 5.91 Å². The fourth-order valence-electron chi connectivity index (χ4n) is 4.40. The van der Waals surface area contributed by atoms with E-state index in [-0.39, 0.29) is 17.7 Å². The third kappa shape index (κ3) is 7.49. The number of nitrogens with zero attached hydrogens (tertiary/aromatic N) is 1. The SMILES string of the molecule is CCCCCCCCS(=O)(=O)Nc1ccc(N2CCc3ccccc3C2)c(C(=O)NC(C)C)c1. The molecule has 0 aliphatic carbocycles. The molecule has 0 aromatic heterocycles. The Labute approximate surface area is 205 Å². The van der Waals surface area contributed by atoms with Crippen LogP contribution in [-0.2, 0) is 23.0 Å². The van der Waals surface area contributed by atoms with Gasteiger partial charge in [0.2, 0.25) is 10.0 Å². The van der Waals surface area contributed by atoms with Crippen LogP contribution in [-0.4, -0.2) is 32.7 Å². The summed E-state index contributed by atoms with van der Waals surface area (Å²) in [6.07, 6.45) is 7.06. The summed E-state index contributed by atoms with van der Waals surface area (Å²) in [4.78, 5) is 15.3. The highest BCUT2D eigenvalue weighted by Gasteiger charge is 2.23. The lowest BCUT2D eigenvalue weighted by Crippen LogP contribution is -2.35. The van der Waals surface area contributed by atoms with E-state index in [0.29, 0.717) is 17.7 Å². The van der Waals surface area contributed by atoms with Gasteiger partial charge in [0.05, 0.1) is 11.3 Å². The van der Waals surface area contributed by atoms with Gasteiger partial charge in [0.15, 0.2) is 0 Å². The number of anilines is 2. The molecule has 7 heteroatoms. The summed E-state index contributed by atoms with van der Waals surface area (Å²) < 4.78 is 28.0. The molecule has 1 amide bonds. The monoisotopic (exact) mass is 485 g/mol. The first-order valence-electron chi connectivity index (χ1n) is 12.6. The maximum Gasteiger partial charge on any atom is 0.253 e. The third-order valence-electron chi connectivity index (χ3n) is 6.17. The summed E-state index contributed by atoms with van der Waals surface area (Å²) in [5, 5.41) is 2.96. The molecule has 6 nitrogen and oxygen atoms in total. The van der Waals surface area contributed by atoms with Crippen molar-refractivity contribution in [3.8, 4) is 0 Å². The highest BCUT2D eigenvalue weighted by atomic mass is 32.2. The van der Waals surface area contributed by atoms with Crippen LogP contribution in [0.5, 0.6) is 0 Å². The minimum absolute atomic E-state index is 0.0181. The summed E-state index contributed by atoms with van der Waals surface area (Å²) in [5.41, 5.74) is 4.35. The van der Waals surface area contributed by atoms with Crippen LogP contribution in [0.4, 0.5) is 11.4 Å². The number of amides is 1. The van der Waals surface area contributed by atoms with Gasteiger partial charge in [-0.1, -0.05) is 63.3 Å². The lowest BCUT2D eigenvalue weighted by Gasteiger charge is -2.32. The average Bonchev–Trinajstić information content (AvgIpc) is 2.80. The maximum atomic E-state index is 13.1. The maximum absolute atomic E-state index is 13.1. The Bertz CT molecular complexity index is 1070. The number of hydrogen-bond donors (Lipinski definition) is 2. The molecule has 0 saturated carbocycles. The fraction of sp³-hybridized carbons (Fsp3) is 0.519. The van der Waals surface area contributed by atoms with Crippen LogP contribution in [0.15, 0.2) is 42.5 Å². The van der Waals surface area contributed by atoms with Crippen LogP contribution < -0.4 is 14.9 Å². The van der Waals surface area contributed by atoms with E-state index in [1.165, 1.54) is 24.0 Å². The van der Waals surface area contributed by atoms with Crippen LogP contribution in [0.1, 0.15) is 80.8 Å². The van der Waals surface area contributed by atoms with E-state index in [4.69, 9.17) is 0 Å². The normalized spacial score (nSPS) is 13.6. The average molecular weight is 486 g/mol. The molecule has 0 atom stereocenters. The van der Waals surface area contributed by atoms with Crippen molar-refractivity contribution in [2.24, 2.45) is 0 Å². The number of unbranched alkanes of at least 4 members (excludes halogenated alkanes) is 5. The van der Waals surface area contributed by atoms with Gasteiger partial charge in [-0.25, -0.2) is 8.42 Å². The van der Waals surface area contributed by atoms with Crippen molar-refractivity contribution >= 4 is 27.3 Å².